The van der Waals surface area contributed by atoms with E-state index in [1.165, 1.54) is 0 Å². The maximum atomic E-state index is 13.1. The summed E-state index contributed by atoms with van der Waals surface area (Å²) >= 11 is 0. The maximum Gasteiger partial charge on any atom is 0.327 e. The molecular formula is C10H21N2O3PS. The van der Waals surface area contributed by atoms with Crippen LogP contribution in [0.4, 0.5) is 0 Å². The van der Waals surface area contributed by atoms with E-state index in [2.05, 4.69) is 0 Å². The van der Waals surface area contributed by atoms with Crippen LogP contribution in [-0.4, -0.2) is 49.7 Å². The minimum Gasteiger partial charge on any atom is -0.271 e. The first-order valence-electron chi connectivity index (χ1n) is 6.36. The minimum absolute atomic E-state index is 0.0305. The molecule has 2 aliphatic heterocycles. The average molecular weight is 280 g/mol. The van der Waals surface area contributed by atoms with Crippen molar-refractivity contribution in [3.63, 3.8) is 0 Å². The van der Waals surface area contributed by atoms with Crippen molar-refractivity contribution in [3.8, 4) is 0 Å². The molecule has 2 rings (SSSR count). The Balaban J connectivity index is 2.37. The number of hydrogen-bond donors (Lipinski definition) is 0. The molecule has 0 bridgehead atoms. The molecule has 0 N–H and O–H groups in total. The van der Waals surface area contributed by atoms with Gasteiger partial charge in [0, 0.05) is 26.2 Å². The summed E-state index contributed by atoms with van der Waals surface area (Å²) in [4.78, 5) is 0. The highest BCUT2D eigenvalue weighted by Crippen LogP contribution is 2.61. The van der Waals surface area contributed by atoms with Crippen LogP contribution in [0.15, 0.2) is 0 Å². The fourth-order valence-electron chi connectivity index (χ4n) is 2.61. The summed E-state index contributed by atoms with van der Waals surface area (Å²) in [5.74, 6) is -0.0305. The lowest BCUT2D eigenvalue weighted by atomic mass is 10.4. The van der Waals surface area contributed by atoms with Gasteiger partial charge in [0.25, 0.3) is 0 Å². The van der Waals surface area contributed by atoms with Gasteiger partial charge in [-0.15, -0.1) is 0 Å². The molecule has 0 aromatic carbocycles. The lowest BCUT2D eigenvalue weighted by molar-refractivity contribution is 0.405. The first-order valence-corrected chi connectivity index (χ1v) is 10.2. The predicted octanol–water partition coefficient (Wildman–Crippen LogP) is 1.72. The van der Waals surface area contributed by atoms with Crippen molar-refractivity contribution in [1.29, 1.82) is 0 Å². The fraction of sp³-hybridized carbons (Fsp3) is 1.00. The number of hydrogen-bond acceptors (Lipinski definition) is 3. The van der Waals surface area contributed by atoms with Crippen molar-refractivity contribution in [2.24, 2.45) is 0 Å². The summed E-state index contributed by atoms with van der Waals surface area (Å²) in [6.45, 7) is 0.852. The first-order chi connectivity index (χ1) is 8.02. The molecule has 2 aliphatic rings. The van der Waals surface area contributed by atoms with Crippen LogP contribution in [0.2, 0.25) is 0 Å². The summed E-state index contributed by atoms with van der Waals surface area (Å²) < 4.78 is 41.1. The van der Waals surface area contributed by atoms with Crippen molar-refractivity contribution in [2.45, 2.75) is 32.6 Å². The Morgan fingerprint density at radius 2 is 1.29 bits per heavy atom. The van der Waals surface area contributed by atoms with E-state index >= 15 is 0 Å². The van der Waals surface area contributed by atoms with Crippen LogP contribution in [0.25, 0.3) is 0 Å². The molecule has 2 saturated heterocycles. The van der Waals surface area contributed by atoms with Gasteiger partial charge in [-0.05, 0) is 25.7 Å². The molecule has 0 amide bonds. The highest BCUT2D eigenvalue weighted by atomic mass is 32.8. The Morgan fingerprint density at radius 3 is 1.59 bits per heavy atom. The van der Waals surface area contributed by atoms with E-state index in [4.69, 9.17) is 0 Å². The lowest BCUT2D eigenvalue weighted by Gasteiger charge is -2.33. The fourth-order valence-corrected chi connectivity index (χ4v) is 9.68. The van der Waals surface area contributed by atoms with Gasteiger partial charge in [-0.25, -0.2) is 17.8 Å². The monoisotopic (exact) mass is 280 g/mol. The molecular weight excluding hydrogens is 259 g/mol. The van der Waals surface area contributed by atoms with Gasteiger partial charge in [-0.1, -0.05) is 6.92 Å². The topological polar surface area (TPSA) is 57.7 Å². The van der Waals surface area contributed by atoms with Gasteiger partial charge in [-0.2, -0.15) is 0 Å². The van der Waals surface area contributed by atoms with Crippen molar-refractivity contribution >= 4 is 16.1 Å². The molecule has 5 nitrogen and oxygen atoms in total. The highest BCUT2D eigenvalue weighted by molar-refractivity contribution is 8.51. The molecule has 0 radical (unpaired) electrons. The van der Waals surface area contributed by atoms with E-state index in [1.54, 1.807) is 16.3 Å². The van der Waals surface area contributed by atoms with Crippen LogP contribution in [0.3, 0.4) is 0 Å². The summed E-state index contributed by atoms with van der Waals surface area (Å²) in [7, 11) is -3.52. The zero-order valence-electron chi connectivity index (χ0n) is 10.3. The zero-order valence-corrected chi connectivity index (χ0v) is 12.0. The van der Waals surface area contributed by atoms with Gasteiger partial charge in [0.05, 0.1) is 5.75 Å². The molecule has 17 heavy (non-hydrogen) atoms. The predicted molar refractivity (Wildman–Crippen MR) is 68.7 cm³/mol. The third-order valence-corrected chi connectivity index (χ3v) is 11.6. The van der Waals surface area contributed by atoms with Crippen molar-refractivity contribution in [2.75, 3.05) is 31.9 Å². The van der Waals surface area contributed by atoms with E-state index in [0.29, 0.717) is 26.2 Å². The van der Waals surface area contributed by atoms with E-state index < -0.39 is 16.1 Å². The largest absolute Gasteiger partial charge is 0.327 e. The van der Waals surface area contributed by atoms with Gasteiger partial charge >= 0.3 is 6.65 Å². The van der Waals surface area contributed by atoms with E-state index in [9.17, 15) is 13.0 Å². The Morgan fingerprint density at radius 1 is 0.941 bits per heavy atom. The molecule has 0 unspecified atom stereocenters. The summed E-state index contributed by atoms with van der Waals surface area (Å²) in [6.07, 6.45) is 3.82. The van der Waals surface area contributed by atoms with Crippen LogP contribution in [-0.2, 0) is 14.0 Å². The maximum absolute atomic E-state index is 13.1. The Bertz CT molecular complexity index is 391. The van der Waals surface area contributed by atoms with Crippen LogP contribution in [0, 0.1) is 0 Å². The molecule has 0 aliphatic carbocycles. The number of rotatable bonds is 4. The third-order valence-electron chi connectivity index (χ3n) is 3.61. The SMILES string of the molecule is CCS(=O)(=O)P(=O)(N1CCCC1)N1CCCC1. The molecule has 7 heteroatoms. The third kappa shape index (κ3) is 2.21. The molecule has 0 atom stereocenters. The Hall–Kier alpha value is 0.1000. The van der Waals surface area contributed by atoms with Crippen molar-refractivity contribution in [1.82, 2.24) is 9.34 Å². The van der Waals surface area contributed by atoms with Gasteiger partial charge in [0.1, 0.15) is 0 Å². The second kappa shape index (κ2) is 5.00. The van der Waals surface area contributed by atoms with Gasteiger partial charge in [0.15, 0.2) is 0 Å². The zero-order chi connectivity index (χ0) is 12.5. The minimum atomic E-state index is -3.52. The number of nitrogens with zero attached hydrogens (tertiary/aromatic N) is 2. The van der Waals surface area contributed by atoms with Crippen LogP contribution < -0.4 is 0 Å². The van der Waals surface area contributed by atoms with Crippen molar-refractivity contribution < 1.29 is 13.0 Å². The van der Waals surface area contributed by atoms with E-state index in [-0.39, 0.29) is 5.75 Å². The second-order valence-corrected chi connectivity index (χ2v) is 11.6. The molecule has 2 fully saturated rings. The second-order valence-electron chi connectivity index (χ2n) is 4.68. The first kappa shape index (κ1) is 13.5. The molecule has 2 heterocycles. The van der Waals surface area contributed by atoms with Crippen LogP contribution >= 0.6 is 6.65 Å². The molecule has 0 saturated carbocycles. The van der Waals surface area contributed by atoms with Crippen LogP contribution in [0.1, 0.15) is 32.6 Å². The summed E-state index contributed by atoms with van der Waals surface area (Å²) in [6, 6.07) is 0. The smallest absolute Gasteiger partial charge is 0.271 e. The standard InChI is InChI=1S/C10H21N2O3PS/c1-2-17(14,15)16(13,11-7-3-4-8-11)12-9-5-6-10-12/h2-10H2,1H3. The summed E-state index contributed by atoms with van der Waals surface area (Å²) in [5.41, 5.74) is 0. The van der Waals surface area contributed by atoms with Gasteiger partial charge in [0.2, 0.25) is 9.46 Å². The van der Waals surface area contributed by atoms with Gasteiger partial charge in [-0.3, -0.25) is 4.57 Å². The Kier molecular flexibility index (Phi) is 3.98. The molecule has 100 valence electrons. The summed E-state index contributed by atoms with van der Waals surface area (Å²) in [5, 5.41) is 0. The normalized spacial score (nSPS) is 24.5. The van der Waals surface area contributed by atoms with E-state index in [1.807, 2.05) is 0 Å². The highest BCUT2D eigenvalue weighted by Gasteiger charge is 2.49. The van der Waals surface area contributed by atoms with Crippen molar-refractivity contribution in [3.05, 3.63) is 0 Å². The van der Waals surface area contributed by atoms with Crippen LogP contribution in [0.5, 0.6) is 0 Å². The van der Waals surface area contributed by atoms with Gasteiger partial charge < -0.3 is 0 Å². The van der Waals surface area contributed by atoms with E-state index in [0.717, 1.165) is 25.7 Å². The average Bonchev–Trinajstić information content (AvgIpc) is 3.00. The Labute approximate surface area is 103 Å². The molecule has 0 aromatic rings. The lowest BCUT2D eigenvalue weighted by Crippen LogP contribution is -2.33. The molecule has 0 spiro atoms. The molecule has 0 aromatic heterocycles. The quantitative estimate of drug-likeness (QED) is 0.734.